The topological polar surface area (TPSA) is 92.8 Å². The van der Waals surface area contributed by atoms with Crippen molar-refractivity contribution in [3.05, 3.63) is 58.6 Å². The van der Waals surface area contributed by atoms with Crippen LogP contribution in [0, 0.1) is 0 Å². The smallest absolute Gasteiger partial charge is 0.253 e. The van der Waals surface area contributed by atoms with Crippen molar-refractivity contribution in [2.75, 3.05) is 17.2 Å². The van der Waals surface area contributed by atoms with Crippen molar-refractivity contribution in [1.82, 2.24) is 5.32 Å². The molecule has 27 heavy (non-hydrogen) atoms. The molecule has 1 heterocycles. The van der Waals surface area contributed by atoms with E-state index in [1.165, 1.54) is 18.2 Å². The second kappa shape index (κ2) is 7.58. The summed E-state index contributed by atoms with van der Waals surface area (Å²) in [7, 11) is -2.14. The van der Waals surface area contributed by atoms with E-state index in [9.17, 15) is 18.0 Å². The van der Waals surface area contributed by atoms with Crippen molar-refractivity contribution in [2.45, 2.75) is 13.0 Å². The monoisotopic (exact) mass is 408 g/mol. The zero-order valence-electron chi connectivity index (χ0n) is 14.4. The highest BCUT2D eigenvalue weighted by molar-refractivity contribution is 7.94. The van der Waals surface area contributed by atoms with E-state index >= 15 is 0 Å². The number of ether oxygens (including phenoxy) is 1. The van der Waals surface area contributed by atoms with E-state index in [0.29, 0.717) is 5.75 Å². The van der Waals surface area contributed by atoms with Crippen molar-refractivity contribution in [3.63, 3.8) is 0 Å². The molecule has 2 aromatic rings. The van der Waals surface area contributed by atoms with Crippen LogP contribution < -0.4 is 14.4 Å². The molecule has 2 amide bonds. The molecule has 9 heteroatoms. The number of methoxy groups -OCH3 is 1. The normalized spacial score (nSPS) is 15.6. The summed E-state index contributed by atoms with van der Waals surface area (Å²) in [5.41, 5.74) is 1.06. The molecular formula is C18H17ClN2O5S. The van der Waals surface area contributed by atoms with Gasteiger partial charge in [-0.3, -0.25) is 9.59 Å². The van der Waals surface area contributed by atoms with Crippen LogP contribution in [0.5, 0.6) is 5.75 Å². The quantitative estimate of drug-likeness (QED) is 0.819. The largest absolute Gasteiger partial charge is 0.497 e. The second-order valence-electron chi connectivity index (χ2n) is 5.92. The lowest BCUT2D eigenvalue weighted by Gasteiger charge is -2.16. The number of halogens is 1. The summed E-state index contributed by atoms with van der Waals surface area (Å²) in [6, 6.07) is 11.3. The number of nitrogens with one attached hydrogen (secondary N) is 1. The Kier molecular flexibility index (Phi) is 5.38. The summed E-state index contributed by atoms with van der Waals surface area (Å²) in [5, 5.41) is 2.89. The zero-order chi connectivity index (χ0) is 19.6. The van der Waals surface area contributed by atoms with Crippen LogP contribution in [0.15, 0.2) is 42.5 Å². The molecule has 0 unspecified atom stereocenters. The Morgan fingerprint density at radius 1 is 1.22 bits per heavy atom. The van der Waals surface area contributed by atoms with Gasteiger partial charge in [0.05, 0.1) is 29.1 Å². The van der Waals surface area contributed by atoms with Gasteiger partial charge in [0.25, 0.3) is 5.91 Å². The van der Waals surface area contributed by atoms with Crippen LogP contribution in [0.3, 0.4) is 0 Å². The highest BCUT2D eigenvalue weighted by atomic mass is 35.5. The molecule has 0 aliphatic carbocycles. The van der Waals surface area contributed by atoms with Crippen LogP contribution in [0.2, 0.25) is 5.02 Å². The average Bonchev–Trinajstić information content (AvgIpc) is 2.93. The molecule has 0 spiro atoms. The molecular weight excluding hydrogens is 392 g/mol. The fraction of sp³-hybridized carbons (Fsp3) is 0.222. The maximum Gasteiger partial charge on any atom is 0.253 e. The summed E-state index contributed by atoms with van der Waals surface area (Å²) in [4.78, 5) is 24.4. The molecule has 7 nitrogen and oxygen atoms in total. The van der Waals surface area contributed by atoms with Gasteiger partial charge >= 0.3 is 0 Å². The Bertz CT molecular complexity index is 989. The Balaban J connectivity index is 1.79. The third-order valence-corrected chi connectivity index (χ3v) is 6.14. The van der Waals surface area contributed by atoms with Gasteiger partial charge in [-0.05, 0) is 35.9 Å². The van der Waals surface area contributed by atoms with Crippen LogP contribution >= 0.6 is 11.6 Å². The lowest BCUT2D eigenvalue weighted by molar-refractivity contribution is -0.116. The standard InChI is InChI=1S/C18H17ClN2O5S/c1-26-14-5-2-12(3-6-14)11-20-18(23)15-10-13(4-7-16(15)19)21-17(22)8-9-27(21,24)25/h2-7,10H,8-9,11H2,1H3,(H,20,23). The molecule has 0 radical (unpaired) electrons. The van der Waals surface area contributed by atoms with E-state index in [0.717, 1.165) is 9.87 Å². The number of carbonyl (C=O) groups is 2. The number of sulfonamides is 1. The highest BCUT2D eigenvalue weighted by Gasteiger charge is 2.36. The summed E-state index contributed by atoms with van der Waals surface area (Å²) in [6.07, 6.45) is -0.0794. The number of benzene rings is 2. The van der Waals surface area contributed by atoms with Gasteiger partial charge < -0.3 is 10.1 Å². The lowest BCUT2D eigenvalue weighted by atomic mass is 10.1. The Morgan fingerprint density at radius 3 is 2.52 bits per heavy atom. The van der Waals surface area contributed by atoms with Gasteiger partial charge in [-0.1, -0.05) is 23.7 Å². The molecule has 0 saturated carbocycles. The summed E-state index contributed by atoms with van der Waals surface area (Å²) < 4.78 is 29.9. The van der Waals surface area contributed by atoms with Crippen LogP contribution in [-0.2, 0) is 21.4 Å². The van der Waals surface area contributed by atoms with Crippen molar-refractivity contribution in [2.24, 2.45) is 0 Å². The number of anilines is 1. The first kappa shape index (κ1) is 19.2. The van der Waals surface area contributed by atoms with E-state index in [1.807, 2.05) is 12.1 Å². The van der Waals surface area contributed by atoms with Gasteiger partial charge in [0.15, 0.2) is 0 Å². The lowest BCUT2D eigenvalue weighted by Crippen LogP contribution is -2.30. The van der Waals surface area contributed by atoms with E-state index in [2.05, 4.69) is 5.32 Å². The van der Waals surface area contributed by atoms with Gasteiger partial charge in [-0.2, -0.15) is 0 Å². The van der Waals surface area contributed by atoms with Crippen LogP contribution in [-0.4, -0.2) is 33.1 Å². The third-order valence-electron chi connectivity index (χ3n) is 4.12. The first-order chi connectivity index (χ1) is 12.8. The average molecular weight is 409 g/mol. The predicted octanol–water partition coefficient (Wildman–Crippen LogP) is 2.35. The summed E-state index contributed by atoms with van der Waals surface area (Å²) in [5.74, 6) is -0.533. The highest BCUT2D eigenvalue weighted by Crippen LogP contribution is 2.29. The van der Waals surface area contributed by atoms with E-state index in [1.54, 1.807) is 19.2 Å². The van der Waals surface area contributed by atoms with E-state index in [-0.39, 0.29) is 35.0 Å². The number of nitrogens with zero attached hydrogens (tertiary/aromatic N) is 1. The van der Waals surface area contributed by atoms with Crippen molar-refractivity contribution in [1.29, 1.82) is 0 Å². The molecule has 2 aromatic carbocycles. The SMILES string of the molecule is COc1ccc(CNC(=O)c2cc(N3C(=O)CCS3(=O)=O)ccc2Cl)cc1. The first-order valence-electron chi connectivity index (χ1n) is 8.08. The minimum Gasteiger partial charge on any atom is -0.497 e. The minimum atomic E-state index is -3.71. The Labute approximate surface area is 161 Å². The fourth-order valence-electron chi connectivity index (χ4n) is 2.70. The van der Waals surface area contributed by atoms with Gasteiger partial charge in [0.2, 0.25) is 15.9 Å². The summed E-state index contributed by atoms with van der Waals surface area (Å²) >= 11 is 6.10. The maximum atomic E-state index is 12.5. The maximum absolute atomic E-state index is 12.5. The van der Waals surface area contributed by atoms with E-state index in [4.69, 9.17) is 16.3 Å². The van der Waals surface area contributed by atoms with Crippen LogP contribution in [0.25, 0.3) is 0 Å². The molecule has 3 rings (SSSR count). The van der Waals surface area contributed by atoms with Gasteiger partial charge in [-0.15, -0.1) is 0 Å². The van der Waals surface area contributed by atoms with Crippen molar-refractivity contribution < 1.29 is 22.7 Å². The number of rotatable bonds is 5. The molecule has 1 N–H and O–H groups in total. The first-order valence-corrected chi connectivity index (χ1v) is 10.1. The van der Waals surface area contributed by atoms with Gasteiger partial charge in [-0.25, -0.2) is 12.7 Å². The Hall–Kier alpha value is -2.58. The third kappa shape index (κ3) is 4.06. The Morgan fingerprint density at radius 2 is 1.93 bits per heavy atom. The minimum absolute atomic E-state index is 0.0794. The second-order valence-corrected chi connectivity index (χ2v) is 8.26. The van der Waals surface area contributed by atoms with Crippen LogP contribution in [0.4, 0.5) is 5.69 Å². The number of carbonyl (C=O) groups excluding carboxylic acids is 2. The van der Waals surface area contributed by atoms with Crippen LogP contribution in [0.1, 0.15) is 22.3 Å². The van der Waals surface area contributed by atoms with Crippen molar-refractivity contribution in [3.8, 4) is 5.75 Å². The van der Waals surface area contributed by atoms with E-state index < -0.39 is 21.8 Å². The molecule has 0 atom stereocenters. The number of amides is 2. The molecule has 1 aliphatic rings. The fourth-order valence-corrected chi connectivity index (χ4v) is 4.36. The molecule has 0 aromatic heterocycles. The molecule has 1 aliphatic heterocycles. The zero-order valence-corrected chi connectivity index (χ0v) is 16.0. The predicted molar refractivity (Wildman–Crippen MR) is 102 cm³/mol. The van der Waals surface area contributed by atoms with Crippen molar-refractivity contribution >= 4 is 39.1 Å². The number of hydrogen-bond acceptors (Lipinski definition) is 5. The van der Waals surface area contributed by atoms with Gasteiger partial charge in [0, 0.05) is 13.0 Å². The number of hydrogen-bond donors (Lipinski definition) is 1. The summed E-state index contributed by atoms with van der Waals surface area (Å²) in [6.45, 7) is 0.254. The molecule has 1 saturated heterocycles. The molecule has 0 bridgehead atoms. The van der Waals surface area contributed by atoms with Gasteiger partial charge in [0.1, 0.15) is 5.75 Å². The molecule has 142 valence electrons. The molecule has 1 fully saturated rings.